The molecule has 1 atom stereocenters. The van der Waals surface area contributed by atoms with E-state index in [0.29, 0.717) is 5.56 Å². The third-order valence-electron chi connectivity index (χ3n) is 3.78. The Morgan fingerprint density at radius 1 is 1.33 bits per heavy atom. The van der Waals surface area contributed by atoms with Gasteiger partial charge in [0.15, 0.2) is 0 Å². The summed E-state index contributed by atoms with van der Waals surface area (Å²) in [5.74, 6) is 0. The van der Waals surface area contributed by atoms with Gasteiger partial charge in [-0.1, -0.05) is 31.4 Å². The lowest BCUT2D eigenvalue weighted by molar-refractivity contribution is -0.386. The predicted molar refractivity (Wildman–Crippen MR) is 78.0 cm³/mol. The van der Waals surface area contributed by atoms with Gasteiger partial charge in [0.05, 0.1) is 10.5 Å². The second-order valence-corrected chi connectivity index (χ2v) is 5.34. The minimum atomic E-state index is -0.657. The summed E-state index contributed by atoms with van der Waals surface area (Å²) in [5, 5.41) is 13.8. The zero-order chi connectivity index (χ0) is 15.2. The van der Waals surface area contributed by atoms with Crippen LogP contribution < -0.4 is 5.32 Å². The maximum atomic E-state index is 11.9. The predicted octanol–water partition coefficient (Wildman–Crippen LogP) is 3.71. The second-order valence-electron chi connectivity index (χ2n) is 5.34. The SMILES string of the molecule is CC(OC(=O)NC1CCCCC1)c1ccccc1[N+](=O)[O-]. The Balaban J connectivity index is 1.95. The second kappa shape index (κ2) is 7.06. The van der Waals surface area contributed by atoms with Crippen LogP contribution in [0, 0.1) is 10.1 Å². The molecule has 0 bridgehead atoms. The van der Waals surface area contributed by atoms with Crippen LogP contribution in [0.2, 0.25) is 0 Å². The molecular formula is C15H20N2O4. The Morgan fingerprint density at radius 3 is 2.67 bits per heavy atom. The smallest absolute Gasteiger partial charge is 0.407 e. The van der Waals surface area contributed by atoms with Crippen LogP contribution in [-0.2, 0) is 4.74 Å². The minimum absolute atomic E-state index is 0.0320. The lowest BCUT2D eigenvalue weighted by Crippen LogP contribution is -2.36. The van der Waals surface area contributed by atoms with E-state index >= 15 is 0 Å². The molecule has 1 fully saturated rings. The number of benzene rings is 1. The fraction of sp³-hybridized carbons (Fsp3) is 0.533. The van der Waals surface area contributed by atoms with Gasteiger partial charge in [0.2, 0.25) is 0 Å². The summed E-state index contributed by atoms with van der Waals surface area (Å²) < 4.78 is 5.28. The molecule has 1 aromatic carbocycles. The van der Waals surface area contributed by atoms with Gasteiger partial charge in [0, 0.05) is 12.1 Å². The van der Waals surface area contributed by atoms with Gasteiger partial charge >= 0.3 is 6.09 Å². The molecule has 21 heavy (non-hydrogen) atoms. The highest BCUT2D eigenvalue weighted by Gasteiger charge is 2.23. The van der Waals surface area contributed by atoms with Gasteiger partial charge in [0.25, 0.3) is 5.69 Å². The van der Waals surface area contributed by atoms with Crippen LogP contribution in [0.1, 0.15) is 50.7 Å². The number of nitrogens with zero attached hydrogens (tertiary/aromatic N) is 1. The molecule has 0 spiro atoms. The van der Waals surface area contributed by atoms with Crippen LogP contribution in [0.3, 0.4) is 0 Å². The Kier molecular flexibility index (Phi) is 5.14. The number of amides is 1. The molecule has 1 aliphatic rings. The molecule has 0 aromatic heterocycles. The number of alkyl carbamates (subject to hydrolysis) is 1. The van der Waals surface area contributed by atoms with Crippen molar-refractivity contribution < 1.29 is 14.5 Å². The van der Waals surface area contributed by atoms with E-state index in [0.717, 1.165) is 25.7 Å². The quantitative estimate of drug-likeness (QED) is 0.677. The fourth-order valence-electron chi connectivity index (χ4n) is 2.67. The standard InChI is InChI=1S/C15H20N2O4/c1-11(13-9-5-6-10-14(13)17(19)20)21-15(18)16-12-7-3-2-4-8-12/h5-6,9-12H,2-4,7-8H2,1H3,(H,16,18). The van der Waals surface area contributed by atoms with E-state index in [-0.39, 0.29) is 11.7 Å². The molecule has 1 saturated carbocycles. The van der Waals surface area contributed by atoms with Crippen LogP contribution in [-0.4, -0.2) is 17.1 Å². The van der Waals surface area contributed by atoms with Gasteiger partial charge in [-0.05, 0) is 25.8 Å². The zero-order valence-electron chi connectivity index (χ0n) is 12.1. The van der Waals surface area contributed by atoms with Crippen molar-refractivity contribution in [1.82, 2.24) is 5.32 Å². The first-order chi connectivity index (χ1) is 10.1. The highest BCUT2D eigenvalue weighted by Crippen LogP contribution is 2.27. The van der Waals surface area contributed by atoms with Gasteiger partial charge in [-0.3, -0.25) is 10.1 Å². The summed E-state index contributed by atoms with van der Waals surface area (Å²) in [7, 11) is 0. The first-order valence-electron chi connectivity index (χ1n) is 7.28. The summed E-state index contributed by atoms with van der Waals surface area (Å²) in [6.45, 7) is 1.64. The summed E-state index contributed by atoms with van der Waals surface area (Å²) in [6, 6.07) is 6.46. The van der Waals surface area contributed by atoms with Crippen molar-refractivity contribution in [3.63, 3.8) is 0 Å². The first-order valence-corrected chi connectivity index (χ1v) is 7.28. The molecule has 1 N–H and O–H groups in total. The number of rotatable bonds is 4. The van der Waals surface area contributed by atoms with E-state index in [2.05, 4.69) is 5.32 Å². The van der Waals surface area contributed by atoms with Crippen LogP contribution in [0.15, 0.2) is 24.3 Å². The lowest BCUT2D eigenvalue weighted by Gasteiger charge is -2.23. The maximum absolute atomic E-state index is 11.9. The topological polar surface area (TPSA) is 81.5 Å². The number of nitro benzene ring substituents is 1. The Labute approximate surface area is 123 Å². The molecule has 0 saturated heterocycles. The van der Waals surface area contributed by atoms with E-state index in [1.54, 1.807) is 25.1 Å². The van der Waals surface area contributed by atoms with E-state index in [1.165, 1.54) is 12.5 Å². The number of carbonyl (C=O) groups excluding carboxylic acids is 1. The summed E-state index contributed by atoms with van der Waals surface area (Å²) in [6.07, 6.45) is 4.21. The number of nitrogens with one attached hydrogen (secondary N) is 1. The molecule has 1 aromatic rings. The van der Waals surface area contributed by atoms with Crippen molar-refractivity contribution in [2.45, 2.75) is 51.2 Å². The fourth-order valence-corrected chi connectivity index (χ4v) is 2.67. The molecule has 0 aliphatic heterocycles. The molecular weight excluding hydrogens is 272 g/mol. The van der Waals surface area contributed by atoms with Crippen molar-refractivity contribution in [2.75, 3.05) is 0 Å². The highest BCUT2D eigenvalue weighted by molar-refractivity contribution is 5.68. The third kappa shape index (κ3) is 4.18. The molecule has 1 amide bonds. The summed E-state index contributed by atoms with van der Waals surface area (Å²) in [4.78, 5) is 22.4. The number of hydrogen-bond acceptors (Lipinski definition) is 4. The number of carbonyl (C=O) groups is 1. The molecule has 1 unspecified atom stereocenters. The Bertz CT molecular complexity index is 512. The van der Waals surface area contributed by atoms with Gasteiger partial charge in [-0.25, -0.2) is 4.79 Å². The van der Waals surface area contributed by atoms with Gasteiger partial charge in [-0.15, -0.1) is 0 Å². The first kappa shape index (κ1) is 15.3. The van der Waals surface area contributed by atoms with Crippen LogP contribution in [0.5, 0.6) is 0 Å². The number of hydrogen-bond donors (Lipinski definition) is 1. The largest absolute Gasteiger partial charge is 0.441 e. The molecule has 6 heteroatoms. The zero-order valence-corrected chi connectivity index (χ0v) is 12.1. The van der Waals surface area contributed by atoms with Crippen LogP contribution in [0.4, 0.5) is 10.5 Å². The molecule has 6 nitrogen and oxygen atoms in total. The number of ether oxygens (including phenoxy) is 1. The van der Waals surface area contributed by atoms with Crippen molar-refractivity contribution in [3.05, 3.63) is 39.9 Å². The number of para-hydroxylation sites is 1. The van der Waals surface area contributed by atoms with Crippen LogP contribution in [0.25, 0.3) is 0 Å². The van der Waals surface area contributed by atoms with Crippen molar-refractivity contribution in [2.24, 2.45) is 0 Å². The average Bonchev–Trinajstić information content (AvgIpc) is 2.48. The third-order valence-corrected chi connectivity index (χ3v) is 3.78. The van der Waals surface area contributed by atoms with E-state index < -0.39 is 17.1 Å². The maximum Gasteiger partial charge on any atom is 0.407 e. The normalized spacial score (nSPS) is 17.0. The van der Waals surface area contributed by atoms with Gasteiger partial charge in [-0.2, -0.15) is 0 Å². The number of nitro groups is 1. The van der Waals surface area contributed by atoms with E-state index in [9.17, 15) is 14.9 Å². The average molecular weight is 292 g/mol. The molecule has 1 aliphatic carbocycles. The van der Waals surface area contributed by atoms with Gasteiger partial charge in [0.1, 0.15) is 6.10 Å². The molecule has 114 valence electrons. The summed E-state index contributed by atoms with van der Waals surface area (Å²) in [5.41, 5.74) is 0.372. The Hall–Kier alpha value is -2.11. The van der Waals surface area contributed by atoms with Gasteiger partial charge < -0.3 is 10.1 Å². The van der Waals surface area contributed by atoms with Crippen molar-refractivity contribution in [3.8, 4) is 0 Å². The lowest BCUT2D eigenvalue weighted by atomic mass is 9.96. The molecule has 0 heterocycles. The molecule has 2 rings (SSSR count). The van der Waals surface area contributed by atoms with Crippen molar-refractivity contribution in [1.29, 1.82) is 0 Å². The van der Waals surface area contributed by atoms with E-state index in [1.807, 2.05) is 0 Å². The molecule has 0 radical (unpaired) electrons. The highest BCUT2D eigenvalue weighted by atomic mass is 16.6. The monoisotopic (exact) mass is 292 g/mol. The van der Waals surface area contributed by atoms with E-state index in [4.69, 9.17) is 4.74 Å². The Morgan fingerprint density at radius 2 is 2.00 bits per heavy atom. The summed E-state index contributed by atoms with van der Waals surface area (Å²) >= 11 is 0. The minimum Gasteiger partial charge on any atom is -0.441 e. The van der Waals surface area contributed by atoms with Crippen molar-refractivity contribution >= 4 is 11.8 Å². The van der Waals surface area contributed by atoms with Crippen LogP contribution >= 0.6 is 0 Å².